The molecule has 1 aliphatic carbocycles. The minimum Gasteiger partial charge on any atom is -0.455 e. The Hall–Kier alpha value is -1.29. The van der Waals surface area contributed by atoms with Crippen LogP contribution in [0.25, 0.3) is 0 Å². The van der Waals surface area contributed by atoms with Crippen LogP contribution in [0.15, 0.2) is 30.3 Å². The Morgan fingerprint density at radius 3 is 2.83 bits per heavy atom. The third kappa shape index (κ3) is 1.67. The van der Waals surface area contributed by atoms with E-state index >= 15 is 0 Å². The van der Waals surface area contributed by atoms with Gasteiger partial charge in [-0.15, -0.1) is 0 Å². The van der Waals surface area contributed by atoms with Gasteiger partial charge in [0.2, 0.25) is 0 Å². The number of benzene rings is 1. The topological polar surface area (TPSA) is 35.5 Å². The summed E-state index contributed by atoms with van der Waals surface area (Å²) in [6.45, 7) is 2.09. The molecule has 1 saturated carbocycles. The van der Waals surface area contributed by atoms with Crippen LogP contribution in [0.2, 0.25) is 0 Å². The Bertz CT molecular complexity index is 461. The molecule has 1 aromatic carbocycles. The molecule has 3 unspecified atom stereocenters. The van der Waals surface area contributed by atoms with E-state index in [9.17, 15) is 4.79 Å². The Morgan fingerprint density at radius 1 is 1.50 bits per heavy atom. The molecule has 2 aliphatic rings. The number of hydrogen-bond donors (Lipinski definition) is 0. The van der Waals surface area contributed by atoms with E-state index in [1.165, 1.54) is 0 Å². The SMILES string of the molecule is [B]C1C[C@@]2(CC)C(OC(=O)c3ccccc3)C2O1. The predicted octanol–water partition coefficient (Wildman–Crippen LogP) is 1.91. The van der Waals surface area contributed by atoms with Gasteiger partial charge in [-0.1, -0.05) is 25.1 Å². The van der Waals surface area contributed by atoms with E-state index < -0.39 is 0 Å². The number of ether oxygens (including phenoxy) is 2. The van der Waals surface area contributed by atoms with Crippen LogP contribution in [0.1, 0.15) is 30.1 Å². The van der Waals surface area contributed by atoms with Crippen molar-refractivity contribution in [3.8, 4) is 0 Å². The highest BCUT2D eigenvalue weighted by Crippen LogP contribution is 2.61. The molecule has 92 valence electrons. The van der Waals surface area contributed by atoms with Crippen LogP contribution >= 0.6 is 0 Å². The molecule has 4 atom stereocenters. The molecule has 1 aromatic rings. The molecule has 1 heterocycles. The molecule has 2 radical (unpaired) electrons. The molecule has 1 saturated heterocycles. The highest BCUT2D eigenvalue weighted by Gasteiger charge is 2.71. The van der Waals surface area contributed by atoms with Gasteiger partial charge in [0.05, 0.1) is 5.56 Å². The van der Waals surface area contributed by atoms with Crippen LogP contribution in [-0.2, 0) is 9.47 Å². The van der Waals surface area contributed by atoms with Crippen molar-refractivity contribution in [1.29, 1.82) is 0 Å². The van der Waals surface area contributed by atoms with Gasteiger partial charge in [-0.25, -0.2) is 4.79 Å². The largest absolute Gasteiger partial charge is 0.455 e. The van der Waals surface area contributed by atoms with Crippen molar-refractivity contribution in [2.75, 3.05) is 0 Å². The van der Waals surface area contributed by atoms with E-state index in [2.05, 4.69) is 6.92 Å². The second-order valence-corrected chi connectivity index (χ2v) is 5.08. The minimum absolute atomic E-state index is 0.00911. The zero-order valence-electron chi connectivity index (χ0n) is 10.3. The Balaban J connectivity index is 1.68. The first-order valence-electron chi connectivity index (χ1n) is 6.34. The Labute approximate surface area is 108 Å². The van der Waals surface area contributed by atoms with Gasteiger partial charge in [-0.05, 0) is 25.0 Å². The second-order valence-electron chi connectivity index (χ2n) is 5.08. The zero-order chi connectivity index (χ0) is 12.8. The van der Waals surface area contributed by atoms with Crippen molar-refractivity contribution >= 4 is 13.8 Å². The number of esters is 1. The molecule has 0 spiro atoms. The minimum atomic E-state index is -0.278. The fourth-order valence-corrected chi connectivity index (χ4v) is 2.95. The lowest BCUT2D eigenvalue weighted by atomic mass is 9.87. The van der Waals surface area contributed by atoms with E-state index in [4.69, 9.17) is 17.3 Å². The number of fused-ring (bicyclic) bond motifs is 1. The molecule has 0 bridgehead atoms. The average Bonchev–Trinajstić information content (AvgIpc) is 2.81. The summed E-state index contributed by atoms with van der Waals surface area (Å²) in [5, 5.41) is 0. The molecule has 0 amide bonds. The number of rotatable bonds is 3. The summed E-state index contributed by atoms with van der Waals surface area (Å²) in [4.78, 5) is 12.0. The van der Waals surface area contributed by atoms with Crippen LogP contribution in [0.3, 0.4) is 0 Å². The average molecular weight is 242 g/mol. The number of carbonyl (C=O) groups excluding carboxylic acids is 1. The lowest BCUT2D eigenvalue weighted by molar-refractivity contribution is 0.0186. The van der Waals surface area contributed by atoms with Gasteiger partial charge in [-0.3, -0.25) is 0 Å². The van der Waals surface area contributed by atoms with Gasteiger partial charge >= 0.3 is 5.97 Å². The Morgan fingerprint density at radius 2 is 2.22 bits per heavy atom. The fourth-order valence-electron chi connectivity index (χ4n) is 2.95. The highest BCUT2D eigenvalue weighted by molar-refractivity contribution is 6.11. The first-order valence-corrected chi connectivity index (χ1v) is 6.34. The second kappa shape index (κ2) is 4.13. The van der Waals surface area contributed by atoms with Crippen molar-refractivity contribution < 1.29 is 14.3 Å². The summed E-state index contributed by atoms with van der Waals surface area (Å²) in [5.41, 5.74) is 0.544. The molecule has 3 nitrogen and oxygen atoms in total. The smallest absolute Gasteiger partial charge is 0.338 e. The summed E-state index contributed by atoms with van der Waals surface area (Å²) in [7, 11) is 5.76. The van der Waals surface area contributed by atoms with Crippen molar-refractivity contribution in [2.45, 2.75) is 38.0 Å². The first kappa shape index (κ1) is 11.8. The molecule has 4 heteroatoms. The molecular weight excluding hydrogens is 227 g/mol. The normalized spacial score (nSPS) is 37.1. The van der Waals surface area contributed by atoms with Gasteiger partial charge in [-0.2, -0.15) is 0 Å². The van der Waals surface area contributed by atoms with Crippen molar-refractivity contribution in [1.82, 2.24) is 0 Å². The summed E-state index contributed by atoms with van der Waals surface area (Å²) >= 11 is 0. The monoisotopic (exact) mass is 242 g/mol. The summed E-state index contributed by atoms with van der Waals surface area (Å²) in [6.07, 6.45) is 1.57. The first-order chi connectivity index (χ1) is 8.67. The van der Waals surface area contributed by atoms with Crippen LogP contribution < -0.4 is 0 Å². The van der Waals surface area contributed by atoms with Gasteiger partial charge < -0.3 is 9.47 Å². The summed E-state index contributed by atoms with van der Waals surface area (Å²) < 4.78 is 11.1. The third-order valence-corrected chi connectivity index (χ3v) is 4.10. The molecule has 0 N–H and O–H groups in total. The van der Waals surface area contributed by atoms with Gasteiger partial charge in [0.1, 0.15) is 20.1 Å². The van der Waals surface area contributed by atoms with E-state index in [1.807, 2.05) is 18.2 Å². The summed E-state index contributed by atoms with van der Waals surface area (Å²) in [5.74, 6) is -0.278. The Kier molecular flexibility index (Phi) is 2.70. The van der Waals surface area contributed by atoms with Crippen molar-refractivity contribution in [2.24, 2.45) is 5.41 Å². The van der Waals surface area contributed by atoms with Gasteiger partial charge in [0.15, 0.2) is 0 Å². The number of hydrogen-bond acceptors (Lipinski definition) is 3. The lowest BCUT2D eigenvalue weighted by Crippen LogP contribution is -2.21. The van der Waals surface area contributed by atoms with Gasteiger partial charge in [0.25, 0.3) is 0 Å². The standard InChI is InChI=1S/C14H15BO3/c1-2-14-8-10(15)17-11(14)12(14)18-13(16)9-6-4-3-5-7-9/h3-7,10-12H,2,8H2,1H3/t10?,11?,12?,14-/m1/s1. The van der Waals surface area contributed by atoms with Crippen LogP contribution in [0.5, 0.6) is 0 Å². The number of carbonyl (C=O) groups is 1. The molecule has 1 aliphatic heterocycles. The van der Waals surface area contributed by atoms with Crippen molar-refractivity contribution in [3.63, 3.8) is 0 Å². The molecule has 18 heavy (non-hydrogen) atoms. The van der Waals surface area contributed by atoms with Crippen LogP contribution in [0, 0.1) is 5.41 Å². The summed E-state index contributed by atoms with van der Waals surface area (Å²) in [6, 6.07) is 8.83. The fraction of sp³-hybridized carbons (Fsp3) is 0.500. The van der Waals surface area contributed by atoms with Crippen LogP contribution in [0.4, 0.5) is 0 Å². The van der Waals surface area contributed by atoms with E-state index in [0.717, 1.165) is 12.8 Å². The molecule has 2 fully saturated rings. The molecular formula is C14H15BO3. The zero-order valence-corrected chi connectivity index (χ0v) is 10.3. The highest BCUT2D eigenvalue weighted by atomic mass is 16.6. The van der Waals surface area contributed by atoms with E-state index in [1.54, 1.807) is 12.1 Å². The predicted molar refractivity (Wildman–Crippen MR) is 67.4 cm³/mol. The van der Waals surface area contributed by atoms with Crippen LogP contribution in [-0.4, -0.2) is 32.0 Å². The molecule has 3 rings (SSSR count). The van der Waals surface area contributed by atoms with E-state index in [0.29, 0.717) is 5.56 Å². The maximum atomic E-state index is 12.0. The van der Waals surface area contributed by atoms with Gasteiger partial charge in [0, 0.05) is 11.4 Å². The van der Waals surface area contributed by atoms with E-state index in [-0.39, 0.29) is 29.6 Å². The maximum absolute atomic E-state index is 12.0. The van der Waals surface area contributed by atoms with Crippen molar-refractivity contribution in [3.05, 3.63) is 35.9 Å². The maximum Gasteiger partial charge on any atom is 0.338 e. The molecule has 0 aromatic heterocycles. The quantitative estimate of drug-likeness (QED) is 0.599. The lowest BCUT2D eigenvalue weighted by Gasteiger charge is -2.15. The third-order valence-electron chi connectivity index (χ3n) is 4.10.